The summed E-state index contributed by atoms with van der Waals surface area (Å²) in [6.07, 6.45) is -4.05. The number of nitrogens with one attached hydrogen (secondary N) is 1. The molecule has 2 heterocycles. The van der Waals surface area contributed by atoms with Gasteiger partial charge in [0.1, 0.15) is 17.8 Å². The number of benzene rings is 4. The molecule has 0 bridgehead atoms. The summed E-state index contributed by atoms with van der Waals surface area (Å²) in [6, 6.07) is 24.8. The molecule has 0 spiro atoms. The number of fused-ring (bicyclic) bond motifs is 4. The molecule has 1 saturated heterocycles. The van der Waals surface area contributed by atoms with Crippen molar-refractivity contribution in [3.05, 3.63) is 90.1 Å². The number of carbonyl (C=O) groups is 1. The Morgan fingerprint density at radius 2 is 1.69 bits per heavy atom. The first kappa shape index (κ1) is 29.8. The molecule has 1 aromatic heterocycles. The lowest BCUT2D eigenvalue weighted by molar-refractivity contribution is -0.326. The number of aromatic nitrogens is 1. The van der Waals surface area contributed by atoms with Gasteiger partial charge < -0.3 is 44.7 Å². The summed E-state index contributed by atoms with van der Waals surface area (Å²) in [6.45, 7) is -0.937. The van der Waals surface area contributed by atoms with Crippen LogP contribution in [0.25, 0.3) is 32.4 Å². The number of esters is 1. The van der Waals surface area contributed by atoms with Crippen LogP contribution < -0.4 is 4.74 Å². The maximum Gasteiger partial charge on any atom is 0.343 e. The van der Waals surface area contributed by atoms with Gasteiger partial charge in [0.05, 0.1) is 29.8 Å². The molecule has 45 heavy (non-hydrogen) atoms. The largest absolute Gasteiger partial charge is 0.422 e. The third-order valence-corrected chi connectivity index (χ3v) is 9.49. The van der Waals surface area contributed by atoms with Crippen molar-refractivity contribution in [2.45, 2.75) is 62.2 Å². The van der Waals surface area contributed by atoms with Gasteiger partial charge in [-0.3, -0.25) is 0 Å². The van der Waals surface area contributed by atoms with Gasteiger partial charge in [-0.1, -0.05) is 60.7 Å². The quantitative estimate of drug-likeness (QED) is 0.114. The third kappa shape index (κ3) is 4.81. The highest BCUT2D eigenvalue weighted by Gasteiger charge is 2.69. The number of hydrogen-bond acceptors (Lipinski definition) is 9. The number of rotatable bonds is 8. The van der Waals surface area contributed by atoms with Crippen LogP contribution >= 0.6 is 0 Å². The highest BCUT2D eigenvalue weighted by Crippen LogP contribution is 2.50. The molecule has 6 atom stereocenters. The molecule has 1 saturated carbocycles. The van der Waals surface area contributed by atoms with Gasteiger partial charge in [0.15, 0.2) is 11.9 Å². The van der Waals surface area contributed by atoms with Crippen LogP contribution in [0.2, 0.25) is 0 Å². The number of ether oxygens (including phenoxy) is 3. The van der Waals surface area contributed by atoms with E-state index in [9.17, 15) is 30.3 Å². The van der Waals surface area contributed by atoms with Crippen LogP contribution in [-0.2, 0) is 27.5 Å². The van der Waals surface area contributed by atoms with E-state index in [2.05, 4.69) is 4.98 Å². The van der Waals surface area contributed by atoms with Crippen molar-refractivity contribution in [3.63, 3.8) is 0 Å². The maximum atomic E-state index is 14.0. The first-order valence-electron chi connectivity index (χ1n) is 15.1. The van der Waals surface area contributed by atoms with Gasteiger partial charge in [0, 0.05) is 12.5 Å². The topological polar surface area (TPSA) is 162 Å². The van der Waals surface area contributed by atoms with Gasteiger partial charge in [-0.05, 0) is 64.6 Å². The number of H-pyrrole nitrogens is 1. The van der Waals surface area contributed by atoms with Crippen LogP contribution in [0.1, 0.15) is 30.5 Å². The summed E-state index contributed by atoms with van der Waals surface area (Å²) in [5.74, 6) is -4.33. The normalized spacial score (nSPS) is 28.4. The minimum atomic E-state index is -2.63. The number of aromatic amines is 1. The zero-order chi connectivity index (χ0) is 31.3. The molecular weight excluding hydrogens is 578 g/mol. The van der Waals surface area contributed by atoms with Crippen LogP contribution in [0.4, 0.5) is 0 Å². The smallest absolute Gasteiger partial charge is 0.343 e. The van der Waals surface area contributed by atoms with Crippen molar-refractivity contribution in [1.29, 1.82) is 0 Å². The summed E-state index contributed by atoms with van der Waals surface area (Å²) in [5, 5.41) is 59.4. The Balaban J connectivity index is 1.28. The summed E-state index contributed by atoms with van der Waals surface area (Å²) in [4.78, 5) is 17.2. The second-order valence-electron chi connectivity index (χ2n) is 12.1. The lowest BCUT2D eigenvalue weighted by Gasteiger charge is -2.42. The van der Waals surface area contributed by atoms with Crippen molar-refractivity contribution in [2.75, 3.05) is 6.61 Å². The van der Waals surface area contributed by atoms with Crippen LogP contribution in [-0.4, -0.2) is 72.8 Å². The number of aliphatic hydroxyl groups excluding tert-OH is 3. The second kappa shape index (κ2) is 11.5. The summed E-state index contributed by atoms with van der Waals surface area (Å²) in [5.41, 5.74) is -0.405. The predicted octanol–water partition coefficient (Wildman–Crippen LogP) is 3.43. The van der Waals surface area contributed by atoms with Crippen molar-refractivity contribution in [2.24, 2.45) is 5.92 Å². The number of carbonyl (C=O) groups excluding carboxylic acids is 1. The fourth-order valence-electron chi connectivity index (χ4n) is 7.09. The molecule has 4 aromatic carbocycles. The van der Waals surface area contributed by atoms with Gasteiger partial charge in [-0.25, -0.2) is 4.79 Å². The van der Waals surface area contributed by atoms with E-state index in [-0.39, 0.29) is 24.5 Å². The summed E-state index contributed by atoms with van der Waals surface area (Å²) in [7, 11) is 0. The first-order valence-corrected chi connectivity index (χ1v) is 15.1. The van der Waals surface area contributed by atoms with Crippen molar-refractivity contribution in [3.8, 4) is 5.75 Å². The molecule has 6 N–H and O–H groups in total. The minimum absolute atomic E-state index is 0.0274. The van der Waals surface area contributed by atoms with Crippen molar-refractivity contribution < 1.29 is 44.5 Å². The van der Waals surface area contributed by atoms with Gasteiger partial charge >= 0.3 is 5.97 Å². The Hall–Kier alpha value is -3.87. The molecule has 5 aromatic rings. The van der Waals surface area contributed by atoms with E-state index in [0.717, 1.165) is 27.1 Å². The molecule has 234 valence electrons. The molecule has 7 rings (SSSR count). The molecule has 2 fully saturated rings. The fraction of sp³-hybridized carbons (Fsp3) is 0.343. The van der Waals surface area contributed by atoms with Gasteiger partial charge in [-0.15, -0.1) is 0 Å². The minimum Gasteiger partial charge on any atom is -0.422 e. The van der Waals surface area contributed by atoms with Crippen LogP contribution in [0.15, 0.2) is 78.9 Å². The highest BCUT2D eigenvalue weighted by molar-refractivity contribution is 6.14. The highest BCUT2D eigenvalue weighted by atomic mass is 16.7. The zero-order valence-corrected chi connectivity index (χ0v) is 24.4. The van der Waals surface area contributed by atoms with E-state index >= 15 is 0 Å². The Morgan fingerprint density at radius 1 is 0.956 bits per heavy atom. The Bertz CT molecular complexity index is 1870. The van der Waals surface area contributed by atoms with Gasteiger partial charge in [0.25, 0.3) is 0 Å². The molecular formula is C35H35NO9. The Labute approximate surface area is 258 Å². The van der Waals surface area contributed by atoms with E-state index in [1.165, 1.54) is 0 Å². The first-order chi connectivity index (χ1) is 21.8. The monoisotopic (exact) mass is 613 g/mol. The number of hydrogen-bond donors (Lipinski definition) is 6. The van der Waals surface area contributed by atoms with E-state index in [1.54, 1.807) is 0 Å². The molecule has 1 aliphatic carbocycles. The van der Waals surface area contributed by atoms with E-state index in [0.29, 0.717) is 23.7 Å². The van der Waals surface area contributed by atoms with Crippen LogP contribution in [0.3, 0.4) is 0 Å². The van der Waals surface area contributed by atoms with Crippen molar-refractivity contribution >= 4 is 38.4 Å². The summed E-state index contributed by atoms with van der Waals surface area (Å²) >= 11 is 0. The Morgan fingerprint density at radius 3 is 2.42 bits per heavy atom. The average Bonchev–Trinajstić information content (AvgIpc) is 3.71. The molecule has 1 aliphatic heterocycles. The standard InChI is InChI=1S/C35H35NO9/c37-17-24-11-6-14-34(24,41)35(42)32(39)30(43-19-20-7-2-1-3-8-20)31(45-35)33(40)44-29-27(18-38)36-26-13-12-23-15-21-9-4-5-10-22(21)16-25(23)28(26)29/h1-5,7-10,12-13,15-16,24,30-32,36-39,41-42H,6,11,14,17-19H2. The van der Waals surface area contributed by atoms with Crippen molar-refractivity contribution in [1.82, 2.24) is 4.98 Å². The van der Waals surface area contributed by atoms with E-state index in [1.807, 2.05) is 78.9 Å². The molecule has 6 unspecified atom stereocenters. The maximum absolute atomic E-state index is 14.0. The van der Waals surface area contributed by atoms with Crippen LogP contribution in [0.5, 0.6) is 5.75 Å². The summed E-state index contributed by atoms with van der Waals surface area (Å²) < 4.78 is 17.9. The molecule has 0 amide bonds. The Kier molecular flexibility index (Phi) is 7.61. The lowest BCUT2D eigenvalue weighted by Crippen LogP contribution is -2.63. The predicted molar refractivity (Wildman–Crippen MR) is 165 cm³/mol. The lowest BCUT2D eigenvalue weighted by atomic mass is 9.80. The second-order valence-corrected chi connectivity index (χ2v) is 12.1. The van der Waals surface area contributed by atoms with Gasteiger partial charge in [-0.2, -0.15) is 0 Å². The molecule has 10 heteroatoms. The van der Waals surface area contributed by atoms with E-state index in [4.69, 9.17) is 14.2 Å². The molecule has 2 aliphatic rings. The molecule has 10 nitrogen and oxygen atoms in total. The van der Waals surface area contributed by atoms with Crippen LogP contribution in [0, 0.1) is 5.92 Å². The van der Waals surface area contributed by atoms with E-state index < -0.39 is 54.8 Å². The SMILES string of the molecule is O=C(Oc1c(CO)[nH]c2ccc3cc4ccccc4cc3c12)C1OC(O)(C2(O)CCCC2CO)C(O)C1OCc1ccccc1. The number of aliphatic hydroxyl groups is 5. The molecule has 0 radical (unpaired) electrons. The average molecular weight is 614 g/mol. The third-order valence-electron chi connectivity index (χ3n) is 9.49. The zero-order valence-electron chi connectivity index (χ0n) is 24.4. The van der Waals surface area contributed by atoms with Gasteiger partial charge in [0.2, 0.25) is 5.79 Å². The fourth-order valence-corrected chi connectivity index (χ4v) is 7.09.